The summed E-state index contributed by atoms with van der Waals surface area (Å²) < 4.78 is 6.35. The summed E-state index contributed by atoms with van der Waals surface area (Å²) in [5.74, 6) is -1.20. The molecule has 1 fully saturated rings. The van der Waals surface area contributed by atoms with E-state index in [0.717, 1.165) is 4.47 Å². The summed E-state index contributed by atoms with van der Waals surface area (Å²) in [7, 11) is 0. The molecule has 1 aliphatic heterocycles. The molecule has 2 amide bonds. The molecule has 1 aliphatic rings. The Morgan fingerprint density at radius 2 is 1.91 bits per heavy atom. The summed E-state index contributed by atoms with van der Waals surface area (Å²) >= 11 is 3.31. The number of hydrogen-bond donors (Lipinski definition) is 0. The second kappa shape index (κ2) is 6.91. The molecule has 0 aromatic heterocycles. The Labute approximate surface area is 136 Å². The lowest BCUT2D eigenvalue weighted by molar-refractivity contribution is -0.172. The van der Waals surface area contributed by atoms with Crippen molar-refractivity contribution in [1.29, 1.82) is 0 Å². The molecule has 0 saturated carbocycles. The predicted octanol–water partition coefficient (Wildman–Crippen LogP) is 2.70. The van der Waals surface area contributed by atoms with Crippen LogP contribution in [0.2, 0.25) is 0 Å². The van der Waals surface area contributed by atoms with Gasteiger partial charge in [0.15, 0.2) is 0 Å². The van der Waals surface area contributed by atoms with E-state index >= 15 is 0 Å². The fourth-order valence-corrected chi connectivity index (χ4v) is 2.17. The van der Waals surface area contributed by atoms with Crippen LogP contribution in [0.1, 0.15) is 37.0 Å². The van der Waals surface area contributed by atoms with Crippen molar-refractivity contribution in [3.05, 3.63) is 28.2 Å². The molecule has 0 atom stereocenters. The zero-order valence-electron chi connectivity index (χ0n) is 12.3. The molecule has 2 rings (SSSR count). The van der Waals surface area contributed by atoms with Crippen LogP contribution in [-0.2, 0) is 14.4 Å². The molecule has 0 aliphatic carbocycles. The maximum atomic E-state index is 12.2. The zero-order chi connectivity index (χ0) is 16.3. The van der Waals surface area contributed by atoms with Crippen LogP contribution < -0.4 is 4.74 Å². The van der Waals surface area contributed by atoms with Crippen molar-refractivity contribution in [2.24, 2.45) is 5.92 Å². The largest absolute Gasteiger partial charge is 0.492 e. The lowest BCUT2D eigenvalue weighted by Crippen LogP contribution is -2.32. The normalized spacial score (nSPS) is 14.6. The second-order valence-corrected chi connectivity index (χ2v) is 6.22. The van der Waals surface area contributed by atoms with E-state index < -0.39 is 17.8 Å². The van der Waals surface area contributed by atoms with E-state index in [9.17, 15) is 14.4 Å². The third kappa shape index (κ3) is 3.85. The standard InChI is InChI=1S/C15H16BrNO5/c1-9(2)8-21-12-7-10(16)3-4-11(12)15(20)22-17-13(18)5-6-14(17)19/h3-4,7,9H,5-6,8H2,1-2H3. The maximum Gasteiger partial charge on any atom is 0.367 e. The molecule has 1 saturated heterocycles. The zero-order valence-corrected chi connectivity index (χ0v) is 13.9. The number of nitrogens with zero attached hydrogens (tertiary/aromatic N) is 1. The Kier molecular flexibility index (Phi) is 5.18. The van der Waals surface area contributed by atoms with Gasteiger partial charge in [-0.05, 0) is 24.1 Å². The van der Waals surface area contributed by atoms with E-state index in [1.54, 1.807) is 12.1 Å². The van der Waals surface area contributed by atoms with Crippen LogP contribution in [-0.4, -0.2) is 29.5 Å². The summed E-state index contributed by atoms with van der Waals surface area (Å²) in [5.41, 5.74) is 0.163. The van der Waals surface area contributed by atoms with Crippen LogP contribution in [0.3, 0.4) is 0 Å². The number of imide groups is 1. The van der Waals surface area contributed by atoms with Gasteiger partial charge in [-0.15, -0.1) is 5.06 Å². The number of rotatable bonds is 5. The van der Waals surface area contributed by atoms with Crippen LogP contribution in [0.4, 0.5) is 0 Å². The number of hydroxylamine groups is 2. The molecule has 1 heterocycles. The molecular formula is C15H16BrNO5. The first-order valence-corrected chi connectivity index (χ1v) is 7.68. The van der Waals surface area contributed by atoms with Gasteiger partial charge in [0.05, 0.1) is 6.61 Å². The molecule has 0 N–H and O–H groups in total. The molecule has 1 aromatic carbocycles. The average molecular weight is 370 g/mol. The first-order chi connectivity index (χ1) is 10.4. The van der Waals surface area contributed by atoms with Crippen LogP contribution in [0, 0.1) is 5.92 Å². The van der Waals surface area contributed by atoms with Gasteiger partial charge in [0.25, 0.3) is 11.8 Å². The predicted molar refractivity (Wildman–Crippen MR) is 81.0 cm³/mol. The van der Waals surface area contributed by atoms with E-state index in [1.807, 2.05) is 13.8 Å². The average Bonchev–Trinajstić information content (AvgIpc) is 2.77. The van der Waals surface area contributed by atoms with E-state index in [2.05, 4.69) is 15.9 Å². The highest BCUT2D eigenvalue weighted by atomic mass is 79.9. The van der Waals surface area contributed by atoms with E-state index in [1.165, 1.54) is 6.07 Å². The van der Waals surface area contributed by atoms with Gasteiger partial charge in [-0.25, -0.2) is 4.79 Å². The molecule has 1 aromatic rings. The molecule has 22 heavy (non-hydrogen) atoms. The number of halogens is 1. The minimum Gasteiger partial charge on any atom is -0.492 e. The van der Waals surface area contributed by atoms with Crippen molar-refractivity contribution in [1.82, 2.24) is 5.06 Å². The summed E-state index contributed by atoms with van der Waals surface area (Å²) in [4.78, 5) is 40.1. The van der Waals surface area contributed by atoms with Crippen molar-refractivity contribution in [2.75, 3.05) is 6.61 Å². The number of carbonyl (C=O) groups excluding carboxylic acids is 3. The fourth-order valence-electron chi connectivity index (χ4n) is 1.83. The van der Waals surface area contributed by atoms with Crippen molar-refractivity contribution in [3.8, 4) is 5.75 Å². The van der Waals surface area contributed by atoms with Gasteiger partial charge < -0.3 is 9.57 Å². The summed E-state index contributed by atoms with van der Waals surface area (Å²) in [6.45, 7) is 4.40. The van der Waals surface area contributed by atoms with E-state index in [4.69, 9.17) is 9.57 Å². The molecule has 0 unspecified atom stereocenters. The highest BCUT2D eigenvalue weighted by Gasteiger charge is 2.33. The second-order valence-electron chi connectivity index (χ2n) is 5.31. The van der Waals surface area contributed by atoms with Gasteiger partial charge in [0, 0.05) is 17.3 Å². The molecule has 0 radical (unpaired) electrons. The quantitative estimate of drug-likeness (QED) is 0.746. The third-order valence-corrected chi connectivity index (χ3v) is 3.41. The number of ether oxygens (including phenoxy) is 1. The topological polar surface area (TPSA) is 72.9 Å². The van der Waals surface area contributed by atoms with Crippen LogP contribution in [0.25, 0.3) is 0 Å². The van der Waals surface area contributed by atoms with E-state index in [-0.39, 0.29) is 24.3 Å². The lowest BCUT2D eigenvalue weighted by Gasteiger charge is -2.16. The van der Waals surface area contributed by atoms with Crippen LogP contribution in [0.15, 0.2) is 22.7 Å². The van der Waals surface area contributed by atoms with Crippen molar-refractivity contribution >= 4 is 33.7 Å². The Morgan fingerprint density at radius 1 is 1.27 bits per heavy atom. The fraction of sp³-hybridized carbons (Fsp3) is 0.400. The van der Waals surface area contributed by atoms with Gasteiger partial charge in [-0.1, -0.05) is 29.8 Å². The highest BCUT2D eigenvalue weighted by molar-refractivity contribution is 9.10. The van der Waals surface area contributed by atoms with Gasteiger partial charge in [0.2, 0.25) is 0 Å². The van der Waals surface area contributed by atoms with Crippen LogP contribution in [0.5, 0.6) is 5.75 Å². The molecule has 6 nitrogen and oxygen atoms in total. The third-order valence-electron chi connectivity index (χ3n) is 2.92. The number of carbonyl (C=O) groups is 3. The molecular weight excluding hydrogens is 354 g/mol. The Balaban J connectivity index is 2.18. The molecule has 118 valence electrons. The maximum absolute atomic E-state index is 12.2. The number of amides is 2. The van der Waals surface area contributed by atoms with Gasteiger partial charge >= 0.3 is 5.97 Å². The number of benzene rings is 1. The summed E-state index contributed by atoms with van der Waals surface area (Å²) in [6, 6.07) is 4.83. The van der Waals surface area contributed by atoms with E-state index in [0.29, 0.717) is 17.4 Å². The van der Waals surface area contributed by atoms with Gasteiger partial charge in [0.1, 0.15) is 11.3 Å². The smallest absolute Gasteiger partial charge is 0.367 e. The summed E-state index contributed by atoms with van der Waals surface area (Å²) in [5, 5.41) is 0.524. The Bertz CT molecular complexity index is 598. The first kappa shape index (κ1) is 16.5. The van der Waals surface area contributed by atoms with Crippen molar-refractivity contribution in [2.45, 2.75) is 26.7 Å². The Hall–Kier alpha value is -1.89. The van der Waals surface area contributed by atoms with Gasteiger partial charge in [-0.3, -0.25) is 9.59 Å². The highest BCUT2D eigenvalue weighted by Crippen LogP contribution is 2.26. The minimum atomic E-state index is -0.796. The van der Waals surface area contributed by atoms with Crippen molar-refractivity contribution < 1.29 is 24.0 Å². The number of hydrogen-bond acceptors (Lipinski definition) is 5. The monoisotopic (exact) mass is 369 g/mol. The van der Waals surface area contributed by atoms with Gasteiger partial charge in [-0.2, -0.15) is 0 Å². The van der Waals surface area contributed by atoms with Crippen LogP contribution >= 0.6 is 15.9 Å². The van der Waals surface area contributed by atoms with Crippen molar-refractivity contribution in [3.63, 3.8) is 0 Å². The SMILES string of the molecule is CC(C)COc1cc(Br)ccc1C(=O)ON1C(=O)CCC1=O. The molecule has 7 heteroatoms. The minimum absolute atomic E-state index is 0.0587. The summed E-state index contributed by atoms with van der Waals surface area (Å²) in [6.07, 6.45) is 0.117. The molecule has 0 spiro atoms. The Morgan fingerprint density at radius 3 is 2.50 bits per heavy atom. The first-order valence-electron chi connectivity index (χ1n) is 6.89. The lowest BCUT2D eigenvalue weighted by atomic mass is 10.2. The molecule has 0 bridgehead atoms.